The summed E-state index contributed by atoms with van der Waals surface area (Å²) in [6.45, 7) is 3.39. The minimum absolute atomic E-state index is 0.202. The summed E-state index contributed by atoms with van der Waals surface area (Å²) in [7, 11) is 0. The SMILES string of the molecule is CC(=O)Oc1ccc2c(C3CCCCC3)cn(CC3OCCO3)c2c1. The molecule has 0 spiro atoms. The van der Waals surface area contributed by atoms with E-state index >= 15 is 0 Å². The number of aromatic nitrogens is 1. The number of carbonyl (C=O) groups excluding carboxylic acids is 1. The van der Waals surface area contributed by atoms with Gasteiger partial charge in [0.2, 0.25) is 0 Å². The van der Waals surface area contributed by atoms with Crippen LogP contribution < -0.4 is 4.74 Å². The van der Waals surface area contributed by atoms with Crippen LogP contribution >= 0.6 is 0 Å². The van der Waals surface area contributed by atoms with Gasteiger partial charge in [0, 0.05) is 24.6 Å². The molecule has 1 aliphatic carbocycles. The molecule has 0 atom stereocenters. The molecule has 1 saturated heterocycles. The maximum Gasteiger partial charge on any atom is 0.308 e. The zero-order chi connectivity index (χ0) is 17.2. The van der Waals surface area contributed by atoms with E-state index in [-0.39, 0.29) is 12.3 Å². The molecule has 1 saturated carbocycles. The number of fused-ring (bicyclic) bond motifs is 1. The number of rotatable bonds is 4. The van der Waals surface area contributed by atoms with Crippen LogP contribution in [0.2, 0.25) is 0 Å². The molecule has 4 rings (SSSR count). The highest BCUT2D eigenvalue weighted by atomic mass is 16.7. The minimum Gasteiger partial charge on any atom is -0.427 e. The van der Waals surface area contributed by atoms with Gasteiger partial charge in [0.1, 0.15) is 5.75 Å². The second-order valence-electron chi connectivity index (χ2n) is 7.02. The Morgan fingerprint density at radius 3 is 2.68 bits per heavy atom. The number of carbonyl (C=O) groups is 1. The molecule has 2 heterocycles. The molecule has 2 fully saturated rings. The van der Waals surface area contributed by atoms with Crippen molar-refractivity contribution in [2.45, 2.75) is 57.8 Å². The Kier molecular flexibility index (Phi) is 4.77. The minimum atomic E-state index is -0.299. The number of hydrogen-bond acceptors (Lipinski definition) is 4. The maximum atomic E-state index is 11.3. The Hall–Kier alpha value is -1.85. The highest BCUT2D eigenvalue weighted by molar-refractivity contribution is 5.86. The normalized spacial score (nSPS) is 19.6. The third kappa shape index (κ3) is 3.58. The van der Waals surface area contributed by atoms with Crippen molar-refractivity contribution in [3.8, 4) is 5.75 Å². The molecule has 0 unspecified atom stereocenters. The van der Waals surface area contributed by atoms with Crippen LogP contribution in [-0.2, 0) is 20.8 Å². The van der Waals surface area contributed by atoms with Crippen molar-refractivity contribution >= 4 is 16.9 Å². The van der Waals surface area contributed by atoms with Crippen LogP contribution in [0.5, 0.6) is 5.75 Å². The predicted octanol–water partition coefficient (Wildman–Crippen LogP) is 3.99. The van der Waals surface area contributed by atoms with Gasteiger partial charge < -0.3 is 18.8 Å². The van der Waals surface area contributed by atoms with Gasteiger partial charge in [-0.05, 0) is 36.5 Å². The van der Waals surface area contributed by atoms with E-state index in [9.17, 15) is 4.79 Å². The average molecular weight is 343 g/mol. The molecule has 25 heavy (non-hydrogen) atoms. The van der Waals surface area contributed by atoms with E-state index in [2.05, 4.69) is 16.8 Å². The van der Waals surface area contributed by atoms with Gasteiger partial charge >= 0.3 is 5.97 Å². The van der Waals surface area contributed by atoms with E-state index in [4.69, 9.17) is 14.2 Å². The largest absolute Gasteiger partial charge is 0.427 e. The van der Waals surface area contributed by atoms with E-state index < -0.39 is 0 Å². The van der Waals surface area contributed by atoms with E-state index in [0.29, 0.717) is 31.4 Å². The van der Waals surface area contributed by atoms with Crippen molar-refractivity contribution in [3.05, 3.63) is 30.0 Å². The van der Waals surface area contributed by atoms with Crippen molar-refractivity contribution in [1.82, 2.24) is 4.57 Å². The maximum absolute atomic E-state index is 11.3. The lowest BCUT2D eigenvalue weighted by Crippen LogP contribution is -2.16. The van der Waals surface area contributed by atoms with E-state index in [0.717, 1.165) is 5.52 Å². The molecule has 5 nitrogen and oxygen atoms in total. The highest BCUT2D eigenvalue weighted by Gasteiger charge is 2.23. The first-order valence-electron chi connectivity index (χ1n) is 9.25. The quantitative estimate of drug-likeness (QED) is 0.622. The van der Waals surface area contributed by atoms with Gasteiger partial charge in [0.15, 0.2) is 6.29 Å². The smallest absolute Gasteiger partial charge is 0.308 e. The van der Waals surface area contributed by atoms with Gasteiger partial charge in [0.05, 0.1) is 25.3 Å². The zero-order valence-electron chi connectivity index (χ0n) is 14.7. The molecule has 1 aliphatic heterocycles. The number of ether oxygens (including phenoxy) is 3. The highest BCUT2D eigenvalue weighted by Crippen LogP contribution is 2.38. The molecule has 2 aromatic rings. The molecule has 0 bridgehead atoms. The molecule has 5 heteroatoms. The first-order chi connectivity index (χ1) is 12.2. The van der Waals surface area contributed by atoms with Crippen LogP contribution in [0.1, 0.15) is 50.5 Å². The Labute approximate surface area is 147 Å². The monoisotopic (exact) mass is 343 g/mol. The first kappa shape index (κ1) is 16.6. The summed E-state index contributed by atoms with van der Waals surface area (Å²) < 4.78 is 18.7. The molecule has 0 radical (unpaired) electrons. The first-order valence-corrected chi connectivity index (χ1v) is 9.25. The molecule has 1 aromatic heterocycles. The van der Waals surface area contributed by atoms with Crippen molar-refractivity contribution in [1.29, 1.82) is 0 Å². The van der Waals surface area contributed by atoms with Crippen LogP contribution in [0.15, 0.2) is 24.4 Å². The van der Waals surface area contributed by atoms with Gasteiger partial charge in [-0.3, -0.25) is 4.79 Å². The van der Waals surface area contributed by atoms with Crippen LogP contribution in [0, 0.1) is 0 Å². The Morgan fingerprint density at radius 2 is 1.96 bits per heavy atom. The second kappa shape index (κ2) is 7.18. The lowest BCUT2D eigenvalue weighted by Gasteiger charge is -2.21. The van der Waals surface area contributed by atoms with Crippen LogP contribution in [0.4, 0.5) is 0 Å². The molecule has 2 aliphatic rings. The molecular formula is C20H25NO4. The topological polar surface area (TPSA) is 49.7 Å². The fourth-order valence-electron chi connectivity index (χ4n) is 4.09. The summed E-state index contributed by atoms with van der Waals surface area (Å²) in [5.74, 6) is 0.901. The van der Waals surface area contributed by atoms with Crippen molar-refractivity contribution in [3.63, 3.8) is 0 Å². The number of esters is 1. The van der Waals surface area contributed by atoms with E-state index in [1.165, 1.54) is 50.0 Å². The summed E-state index contributed by atoms with van der Waals surface area (Å²) in [6.07, 6.45) is 8.50. The van der Waals surface area contributed by atoms with Gasteiger partial charge in [-0.2, -0.15) is 0 Å². The van der Waals surface area contributed by atoms with Gasteiger partial charge in [0.25, 0.3) is 0 Å². The summed E-state index contributed by atoms with van der Waals surface area (Å²) >= 11 is 0. The fourth-order valence-corrected chi connectivity index (χ4v) is 4.09. The summed E-state index contributed by atoms with van der Waals surface area (Å²) in [5.41, 5.74) is 2.49. The van der Waals surface area contributed by atoms with E-state index in [1.54, 1.807) is 0 Å². The second-order valence-corrected chi connectivity index (χ2v) is 7.02. The third-order valence-electron chi connectivity index (χ3n) is 5.23. The molecular weight excluding hydrogens is 318 g/mol. The van der Waals surface area contributed by atoms with Crippen molar-refractivity contribution < 1.29 is 19.0 Å². The Balaban J connectivity index is 1.72. The summed E-state index contributed by atoms with van der Waals surface area (Å²) in [5, 5.41) is 1.25. The number of hydrogen-bond donors (Lipinski definition) is 0. The van der Waals surface area contributed by atoms with Crippen LogP contribution in [0.25, 0.3) is 10.9 Å². The summed E-state index contributed by atoms with van der Waals surface area (Å²) in [4.78, 5) is 11.3. The molecule has 0 N–H and O–H groups in total. The average Bonchev–Trinajstić information content (AvgIpc) is 3.24. The molecule has 1 aromatic carbocycles. The van der Waals surface area contributed by atoms with Gasteiger partial charge in [-0.1, -0.05) is 19.3 Å². The van der Waals surface area contributed by atoms with Gasteiger partial charge in [-0.25, -0.2) is 0 Å². The van der Waals surface area contributed by atoms with Crippen LogP contribution in [-0.4, -0.2) is 30.0 Å². The lowest BCUT2D eigenvalue weighted by molar-refractivity contribution is -0.131. The van der Waals surface area contributed by atoms with Crippen molar-refractivity contribution in [2.24, 2.45) is 0 Å². The standard InChI is InChI=1S/C20H25NO4/c1-14(22)25-16-7-8-17-18(15-5-3-2-4-6-15)12-21(19(17)11-16)13-20-23-9-10-24-20/h7-8,11-12,15,20H,2-6,9-10,13H2,1H3. The van der Waals surface area contributed by atoms with Gasteiger partial charge in [-0.15, -0.1) is 0 Å². The molecule has 134 valence electrons. The Morgan fingerprint density at radius 1 is 1.20 bits per heavy atom. The predicted molar refractivity (Wildman–Crippen MR) is 94.8 cm³/mol. The molecule has 0 amide bonds. The zero-order valence-corrected chi connectivity index (χ0v) is 14.7. The summed E-state index contributed by atoms with van der Waals surface area (Å²) in [6, 6.07) is 5.94. The van der Waals surface area contributed by atoms with E-state index in [1.807, 2.05) is 12.1 Å². The number of benzene rings is 1. The van der Waals surface area contributed by atoms with Crippen molar-refractivity contribution in [2.75, 3.05) is 13.2 Å². The Bertz CT molecular complexity index is 754. The fraction of sp³-hybridized carbons (Fsp3) is 0.550. The number of nitrogens with zero attached hydrogens (tertiary/aromatic N) is 1. The lowest BCUT2D eigenvalue weighted by atomic mass is 9.84. The third-order valence-corrected chi connectivity index (χ3v) is 5.23. The van der Waals surface area contributed by atoms with Crippen LogP contribution in [0.3, 0.4) is 0 Å².